The number of halogens is 5. The summed E-state index contributed by atoms with van der Waals surface area (Å²) in [4.78, 5) is 17.1. The Morgan fingerprint density at radius 3 is 2.37 bits per heavy atom. The second kappa shape index (κ2) is 7.23. The first-order valence-corrected chi connectivity index (χ1v) is 13.0. The molecule has 1 amide bonds. The second-order valence-electron chi connectivity index (χ2n) is 10.7. The normalized spacial score (nSPS) is 29.5. The van der Waals surface area contributed by atoms with Crippen LogP contribution >= 0.6 is 0 Å². The van der Waals surface area contributed by atoms with E-state index >= 15 is 0 Å². The number of aromatic nitrogens is 3. The zero-order chi connectivity index (χ0) is 25.6. The molecule has 35 heavy (non-hydrogen) atoms. The van der Waals surface area contributed by atoms with Gasteiger partial charge in [-0.15, -0.1) is 0 Å². The molecule has 1 unspecified atom stereocenters. The highest BCUT2D eigenvalue weighted by atomic mass is 32.2. The standard InChI is InChI=1S/C22H24F5N5O2S/c1-19(6-22(26,27)7-19)11-32-15(18(33)30-12-3-4-29-13(5-12)35(2,28)34)14(17(23)24)16(31-32)20-8-21(25,9-20)10-20/h3-5,17,28H,6-11H2,1-2H3,(H,29,30,33). The Morgan fingerprint density at radius 1 is 1.23 bits per heavy atom. The molecule has 6 rings (SSSR count). The van der Waals surface area contributed by atoms with E-state index in [1.54, 1.807) is 6.92 Å². The van der Waals surface area contributed by atoms with Gasteiger partial charge < -0.3 is 5.32 Å². The van der Waals surface area contributed by atoms with Crippen molar-refractivity contribution in [2.24, 2.45) is 5.41 Å². The summed E-state index contributed by atoms with van der Waals surface area (Å²) in [5.41, 5.74) is -4.29. The Labute approximate surface area is 198 Å². The third-order valence-corrected chi connectivity index (χ3v) is 8.21. The molecule has 2 aromatic rings. The Balaban J connectivity index is 1.54. The Hall–Kier alpha value is -2.57. The van der Waals surface area contributed by atoms with Crippen LogP contribution in [0.2, 0.25) is 0 Å². The van der Waals surface area contributed by atoms with Crippen LogP contribution in [0.3, 0.4) is 0 Å². The van der Waals surface area contributed by atoms with Gasteiger partial charge in [0.2, 0.25) is 5.92 Å². The van der Waals surface area contributed by atoms with Crippen molar-refractivity contribution in [3.05, 3.63) is 35.3 Å². The van der Waals surface area contributed by atoms with E-state index in [2.05, 4.69) is 15.4 Å². The maximum absolute atomic E-state index is 14.4. The number of nitrogens with zero attached hydrogens (tertiary/aromatic N) is 3. The minimum Gasteiger partial charge on any atom is -0.321 e. The molecule has 0 saturated heterocycles. The Morgan fingerprint density at radius 2 is 1.86 bits per heavy atom. The minimum atomic E-state index is -3.20. The van der Waals surface area contributed by atoms with Gasteiger partial charge in [-0.3, -0.25) is 9.48 Å². The van der Waals surface area contributed by atoms with E-state index in [1.165, 1.54) is 18.3 Å². The SMILES string of the molecule is CC1(Cn2nc(C34CC(F)(C3)C4)c(C(F)F)c2C(=O)Nc2ccnc(S(C)(=N)=O)c2)CC(F)(F)C1. The van der Waals surface area contributed by atoms with E-state index in [-0.39, 0.29) is 42.2 Å². The molecule has 0 aliphatic heterocycles. The van der Waals surface area contributed by atoms with Gasteiger partial charge in [0.1, 0.15) is 16.4 Å². The molecule has 2 heterocycles. The quantitative estimate of drug-likeness (QED) is 0.500. The summed E-state index contributed by atoms with van der Waals surface area (Å²) in [6.45, 7) is 1.40. The van der Waals surface area contributed by atoms with Crippen molar-refractivity contribution < 1.29 is 31.0 Å². The van der Waals surface area contributed by atoms with Gasteiger partial charge in [-0.2, -0.15) is 5.10 Å². The first kappa shape index (κ1) is 24.1. The van der Waals surface area contributed by atoms with Gasteiger partial charge in [-0.1, -0.05) is 6.92 Å². The van der Waals surface area contributed by atoms with E-state index in [0.717, 1.165) is 10.9 Å². The zero-order valence-corrected chi connectivity index (χ0v) is 19.8. The third-order valence-electron chi connectivity index (χ3n) is 7.18. The molecule has 4 aliphatic rings. The van der Waals surface area contributed by atoms with Gasteiger partial charge in [-0.25, -0.2) is 35.9 Å². The highest BCUT2D eigenvalue weighted by Crippen LogP contribution is 2.70. The van der Waals surface area contributed by atoms with E-state index in [9.17, 15) is 31.0 Å². The average molecular weight is 518 g/mol. The zero-order valence-electron chi connectivity index (χ0n) is 19.0. The molecule has 7 nitrogen and oxygen atoms in total. The molecule has 2 bridgehead atoms. The number of carbonyl (C=O) groups excluding carboxylic acids is 1. The smallest absolute Gasteiger partial charge is 0.274 e. The van der Waals surface area contributed by atoms with Crippen molar-refractivity contribution >= 4 is 21.3 Å². The predicted octanol–water partition coefficient (Wildman–Crippen LogP) is 5.08. The maximum Gasteiger partial charge on any atom is 0.274 e. The summed E-state index contributed by atoms with van der Waals surface area (Å²) in [7, 11) is -3.20. The van der Waals surface area contributed by atoms with Gasteiger partial charge in [0.05, 0.1) is 21.0 Å². The van der Waals surface area contributed by atoms with Crippen LogP contribution in [0.1, 0.15) is 67.2 Å². The molecule has 190 valence electrons. The lowest BCUT2D eigenvalue weighted by Crippen LogP contribution is -2.67. The fraction of sp³-hybridized carbons (Fsp3) is 0.591. The molecule has 1 atom stereocenters. The lowest BCUT2D eigenvalue weighted by molar-refractivity contribution is -0.164. The van der Waals surface area contributed by atoms with E-state index in [1.807, 2.05) is 0 Å². The number of nitrogens with one attached hydrogen (secondary N) is 2. The van der Waals surface area contributed by atoms with Crippen molar-refractivity contribution in [1.29, 1.82) is 4.78 Å². The molecular weight excluding hydrogens is 493 g/mol. The van der Waals surface area contributed by atoms with E-state index < -0.39 is 68.6 Å². The van der Waals surface area contributed by atoms with Crippen LogP contribution in [-0.4, -0.2) is 42.7 Å². The van der Waals surface area contributed by atoms with Crippen LogP contribution in [0.4, 0.5) is 27.6 Å². The molecule has 13 heteroatoms. The number of carbonyl (C=O) groups is 1. The molecule has 0 spiro atoms. The average Bonchev–Trinajstić information content (AvgIpc) is 3.01. The second-order valence-corrected chi connectivity index (χ2v) is 12.8. The number of hydrogen-bond acceptors (Lipinski definition) is 5. The van der Waals surface area contributed by atoms with Gasteiger partial charge in [0.15, 0.2) is 0 Å². The fourth-order valence-corrected chi connectivity index (χ4v) is 6.52. The molecule has 4 aliphatic carbocycles. The molecule has 0 radical (unpaired) electrons. The predicted molar refractivity (Wildman–Crippen MR) is 116 cm³/mol. The van der Waals surface area contributed by atoms with Gasteiger partial charge in [-0.05, 0) is 36.8 Å². The highest BCUT2D eigenvalue weighted by molar-refractivity contribution is 7.91. The highest BCUT2D eigenvalue weighted by Gasteiger charge is 2.72. The van der Waals surface area contributed by atoms with Crippen LogP contribution < -0.4 is 5.32 Å². The van der Waals surface area contributed by atoms with Crippen molar-refractivity contribution in [2.45, 2.75) is 74.0 Å². The molecule has 2 N–H and O–H groups in total. The number of anilines is 1. The number of pyridine rings is 1. The van der Waals surface area contributed by atoms with Crippen LogP contribution in [0.5, 0.6) is 0 Å². The largest absolute Gasteiger partial charge is 0.321 e. The van der Waals surface area contributed by atoms with Gasteiger partial charge in [0.25, 0.3) is 12.3 Å². The number of amides is 1. The van der Waals surface area contributed by atoms with Crippen molar-refractivity contribution in [3.8, 4) is 0 Å². The monoisotopic (exact) mass is 517 g/mol. The first-order valence-electron chi connectivity index (χ1n) is 11.0. The fourth-order valence-electron chi connectivity index (χ4n) is 5.90. The van der Waals surface area contributed by atoms with E-state index in [0.29, 0.717) is 0 Å². The molecule has 4 fully saturated rings. The number of rotatable bonds is 7. The molecule has 4 saturated carbocycles. The molecule has 2 aromatic heterocycles. The lowest BCUT2D eigenvalue weighted by atomic mass is 9.41. The topological polar surface area (TPSA) is 101 Å². The number of alkyl halides is 5. The summed E-state index contributed by atoms with van der Waals surface area (Å²) < 4.78 is 90.9. The summed E-state index contributed by atoms with van der Waals surface area (Å²) in [5, 5.41) is 6.66. The Kier molecular flexibility index (Phi) is 4.99. The third kappa shape index (κ3) is 4.01. The van der Waals surface area contributed by atoms with Crippen molar-refractivity contribution in [2.75, 3.05) is 11.6 Å². The summed E-state index contributed by atoms with van der Waals surface area (Å²) in [5.74, 6) is -3.83. The molecule has 0 aromatic carbocycles. The minimum absolute atomic E-state index is 0.0369. The summed E-state index contributed by atoms with van der Waals surface area (Å²) in [6.07, 6.45) is -1.56. The Bertz CT molecular complexity index is 1310. The van der Waals surface area contributed by atoms with E-state index in [4.69, 9.17) is 4.78 Å². The number of hydrogen-bond donors (Lipinski definition) is 2. The van der Waals surface area contributed by atoms with Crippen molar-refractivity contribution in [1.82, 2.24) is 14.8 Å². The van der Waals surface area contributed by atoms with Crippen LogP contribution in [-0.2, 0) is 21.7 Å². The first-order chi connectivity index (χ1) is 16.0. The lowest BCUT2D eigenvalue weighted by Gasteiger charge is -2.65. The molecular formula is C22H24F5N5O2S. The van der Waals surface area contributed by atoms with Crippen molar-refractivity contribution in [3.63, 3.8) is 0 Å². The summed E-state index contributed by atoms with van der Waals surface area (Å²) in [6, 6.07) is 2.55. The summed E-state index contributed by atoms with van der Waals surface area (Å²) >= 11 is 0. The van der Waals surface area contributed by atoms with Gasteiger partial charge in [0, 0.05) is 42.9 Å². The van der Waals surface area contributed by atoms with Crippen LogP contribution in [0.25, 0.3) is 0 Å². The van der Waals surface area contributed by atoms with Crippen LogP contribution in [0, 0.1) is 10.2 Å². The van der Waals surface area contributed by atoms with Crippen LogP contribution in [0.15, 0.2) is 23.4 Å². The van der Waals surface area contributed by atoms with Gasteiger partial charge >= 0.3 is 0 Å². The maximum atomic E-state index is 14.4.